The first kappa shape index (κ1) is 14.9. The molecule has 3 heterocycles. The molecular formula is C17H25N5O. The van der Waals surface area contributed by atoms with Gasteiger partial charge in [-0.3, -0.25) is 4.68 Å². The number of rotatable bonds is 4. The van der Waals surface area contributed by atoms with Gasteiger partial charge in [-0.2, -0.15) is 5.10 Å². The summed E-state index contributed by atoms with van der Waals surface area (Å²) in [6.45, 7) is 4.87. The molecule has 1 aliphatic heterocycles. The zero-order chi connectivity index (χ0) is 16.0. The van der Waals surface area contributed by atoms with Crippen molar-refractivity contribution in [2.75, 3.05) is 31.7 Å². The molecule has 1 aliphatic carbocycles. The summed E-state index contributed by atoms with van der Waals surface area (Å²) in [6.07, 6.45) is 6.88. The van der Waals surface area contributed by atoms with Crippen LogP contribution in [0.4, 0.5) is 5.82 Å². The van der Waals surface area contributed by atoms with E-state index in [0.29, 0.717) is 5.92 Å². The summed E-state index contributed by atoms with van der Waals surface area (Å²) in [5, 5.41) is 5.44. The van der Waals surface area contributed by atoms with Gasteiger partial charge >= 0.3 is 0 Å². The van der Waals surface area contributed by atoms with Gasteiger partial charge in [0, 0.05) is 32.0 Å². The SMILES string of the molecule is CN(CC1(C)COC1)c1nc(C2CCCC2)nc2c1cnn2C. The van der Waals surface area contributed by atoms with Crippen LogP contribution in [0.5, 0.6) is 0 Å². The zero-order valence-electron chi connectivity index (χ0n) is 14.2. The van der Waals surface area contributed by atoms with Gasteiger partial charge < -0.3 is 9.64 Å². The minimum absolute atomic E-state index is 0.224. The van der Waals surface area contributed by atoms with Crippen LogP contribution in [0.15, 0.2) is 6.20 Å². The van der Waals surface area contributed by atoms with Gasteiger partial charge in [0.25, 0.3) is 0 Å². The molecule has 0 aromatic carbocycles. The predicted molar refractivity (Wildman–Crippen MR) is 89.7 cm³/mol. The molecule has 2 aromatic rings. The van der Waals surface area contributed by atoms with E-state index in [1.807, 2.05) is 17.9 Å². The van der Waals surface area contributed by atoms with Crippen molar-refractivity contribution in [3.8, 4) is 0 Å². The van der Waals surface area contributed by atoms with Crippen molar-refractivity contribution < 1.29 is 4.74 Å². The maximum atomic E-state index is 5.40. The van der Waals surface area contributed by atoms with E-state index in [0.717, 1.165) is 42.4 Å². The second kappa shape index (κ2) is 5.44. The van der Waals surface area contributed by atoms with Crippen LogP contribution in [0, 0.1) is 5.41 Å². The van der Waals surface area contributed by atoms with Crippen molar-refractivity contribution in [2.24, 2.45) is 12.5 Å². The highest BCUT2D eigenvalue weighted by Gasteiger charge is 2.35. The van der Waals surface area contributed by atoms with E-state index in [2.05, 4.69) is 24.0 Å². The standard InChI is InChI=1S/C17H25N5O/c1-17(10-23-11-17)9-21(2)15-13-8-18-22(3)16(13)20-14(19-15)12-6-4-5-7-12/h8,12H,4-7,9-11H2,1-3H3. The second-order valence-corrected chi connectivity index (χ2v) is 7.55. The molecule has 2 fully saturated rings. The second-order valence-electron chi connectivity index (χ2n) is 7.55. The van der Waals surface area contributed by atoms with Crippen LogP contribution >= 0.6 is 0 Å². The van der Waals surface area contributed by atoms with Crippen molar-refractivity contribution >= 4 is 16.9 Å². The molecule has 0 N–H and O–H groups in total. The molecule has 0 spiro atoms. The molecule has 1 saturated carbocycles. The third-order valence-corrected chi connectivity index (χ3v) is 5.19. The molecule has 6 heteroatoms. The fraction of sp³-hybridized carbons (Fsp3) is 0.706. The van der Waals surface area contributed by atoms with Gasteiger partial charge in [-0.25, -0.2) is 9.97 Å². The Morgan fingerprint density at radius 1 is 1.30 bits per heavy atom. The molecule has 124 valence electrons. The largest absolute Gasteiger partial charge is 0.380 e. The first-order valence-corrected chi connectivity index (χ1v) is 8.54. The van der Waals surface area contributed by atoms with Crippen molar-refractivity contribution in [3.05, 3.63) is 12.0 Å². The first-order chi connectivity index (χ1) is 11.1. The van der Waals surface area contributed by atoms with Gasteiger partial charge in [-0.1, -0.05) is 19.8 Å². The molecular weight excluding hydrogens is 290 g/mol. The molecule has 0 bridgehead atoms. The van der Waals surface area contributed by atoms with E-state index in [9.17, 15) is 0 Å². The highest BCUT2D eigenvalue weighted by atomic mass is 16.5. The third kappa shape index (κ3) is 2.59. The molecule has 6 nitrogen and oxygen atoms in total. The van der Waals surface area contributed by atoms with E-state index in [1.165, 1.54) is 25.7 Å². The van der Waals surface area contributed by atoms with Crippen molar-refractivity contribution in [3.63, 3.8) is 0 Å². The molecule has 2 aliphatic rings. The lowest BCUT2D eigenvalue weighted by molar-refractivity contribution is -0.0952. The Morgan fingerprint density at radius 3 is 2.70 bits per heavy atom. The lowest BCUT2D eigenvalue weighted by atomic mass is 9.88. The monoisotopic (exact) mass is 315 g/mol. The van der Waals surface area contributed by atoms with Gasteiger partial charge in [-0.05, 0) is 12.8 Å². The van der Waals surface area contributed by atoms with E-state index in [-0.39, 0.29) is 5.41 Å². The van der Waals surface area contributed by atoms with E-state index < -0.39 is 0 Å². The van der Waals surface area contributed by atoms with Gasteiger partial charge in [-0.15, -0.1) is 0 Å². The number of ether oxygens (including phenoxy) is 1. The maximum Gasteiger partial charge on any atom is 0.163 e. The summed E-state index contributed by atoms with van der Waals surface area (Å²) in [4.78, 5) is 12.0. The number of aryl methyl sites for hydroxylation is 1. The highest BCUT2D eigenvalue weighted by molar-refractivity contribution is 5.86. The Kier molecular flexibility index (Phi) is 3.52. The summed E-state index contributed by atoms with van der Waals surface area (Å²) in [6, 6.07) is 0. The summed E-state index contributed by atoms with van der Waals surface area (Å²) >= 11 is 0. The van der Waals surface area contributed by atoms with Crippen LogP contribution < -0.4 is 4.90 Å². The van der Waals surface area contributed by atoms with Crippen LogP contribution in [0.2, 0.25) is 0 Å². The third-order valence-electron chi connectivity index (χ3n) is 5.19. The number of aromatic nitrogens is 4. The number of hydrogen-bond donors (Lipinski definition) is 0. The van der Waals surface area contributed by atoms with E-state index in [4.69, 9.17) is 14.7 Å². The van der Waals surface area contributed by atoms with Crippen molar-refractivity contribution in [2.45, 2.75) is 38.5 Å². The fourth-order valence-corrected chi connectivity index (χ4v) is 3.87. The summed E-state index contributed by atoms with van der Waals surface area (Å²) < 4.78 is 7.26. The fourth-order valence-electron chi connectivity index (χ4n) is 3.87. The quantitative estimate of drug-likeness (QED) is 0.867. The van der Waals surface area contributed by atoms with Crippen LogP contribution in [0.3, 0.4) is 0 Å². The molecule has 4 rings (SSSR count). The Hall–Kier alpha value is -1.69. The first-order valence-electron chi connectivity index (χ1n) is 8.54. The van der Waals surface area contributed by atoms with Gasteiger partial charge in [0.2, 0.25) is 0 Å². The highest BCUT2D eigenvalue weighted by Crippen LogP contribution is 2.35. The predicted octanol–water partition coefficient (Wildman–Crippen LogP) is 2.49. The molecule has 2 aromatic heterocycles. The topological polar surface area (TPSA) is 56.1 Å². The van der Waals surface area contributed by atoms with Crippen LogP contribution in [-0.4, -0.2) is 46.6 Å². The summed E-state index contributed by atoms with van der Waals surface area (Å²) in [7, 11) is 4.08. The smallest absolute Gasteiger partial charge is 0.163 e. The molecule has 0 atom stereocenters. The average Bonchev–Trinajstić information content (AvgIpc) is 3.15. The normalized spacial score (nSPS) is 20.8. The number of fused-ring (bicyclic) bond motifs is 1. The minimum Gasteiger partial charge on any atom is -0.380 e. The van der Waals surface area contributed by atoms with E-state index in [1.54, 1.807) is 0 Å². The maximum absolute atomic E-state index is 5.40. The van der Waals surface area contributed by atoms with E-state index >= 15 is 0 Å². The lowest BCUT2D eigenvalue weighted by Gasteiger charge is -2.41. The Bertz CT molecular complexity index is 715. The van der Waals surface area contributed by atoms with Gasteiger partial charge in [0.15, 0.2) is 5.65 Å². The van der Waals surface area contributed by atoms with Gasteiger partial charge in [0.05, 0.1) is 24.8 Å². The molecule has 1 saturated heterocycles. The number of anilines is 1. The minimum atomic E-state index is 0.224. The number of hydrogen-bond acceptors (Lipinski definition) is 5. The Labute approximate surface area is 136 Å². The van der Waals surface area contributed by atoms with Crippen molar-refractivity contribution in [1.82, 2.24) is 19.7 Å². The molecule has 0 amide bonds. The number of nitrogens with zero attached hydrogens (tertiary/aromatic N) is 5. The Balaban J connectivity index is 1.73. The average molecular weight is 315 g/mol. The van der Waals surface area contributed by atoms with Crippen LogP contribution in [0.1, 0.15) is 44.3 Å². The molecule has 23 heavy (non-hydrogen) atoms. The molecule has 0 unspecified atom stereocenters. The van der Waals surface area contributed by atoms with Crippen molar-refractivity contribution in [1.29, 1.82) is 0 Å². The zero-order valence-corrected chi connectivity index (χ0v) is 14.2. The molecule has 0 radical (unpaired) electrons. The van der Waals surface area contributed by atoms with Crippen LogP contribution in [-0.2, 0) is 11.8 Å². The Morgan fingerprint density at radius 2 is 2.04 bits per heavy atom. The lowest BCUT2D eigenvalue weighted by Crippen LogP contribution is -2.48. The van der Waals surface area contributed by atoms with Gasteiger partial charge in [0.1, 0.15) is 11.6 Å². The summed E-state index contributed by atoms with van der Waals surface area (Å²) in [5.74, 6) is 2.51. The summed E-state index contributed by atoms with van der Waals surface area (Å²) in [5.41, 5.74) is 1.17. The van der Waals surface area contributed by atoms with Crippen LogP contribution in [0.25, 0.3) is 11.0 Å².